The van der Waals surface area contributed by atoms with Crippen LogP contribution in [0.1, 0.15) is 46.1 Å². The number of halogens is 2. The van der Waals surface area contributed by atoms with Gasteiger partial charge in [0, 0.05) is 6.04 Å². The van der Waals surface area contributed by atoms with Crippen molar-refractivity contribution in [2.45, 2.75) is 53.0 Å². The lowest BCUT2D eigenvalue weighted by molar-refractivity contribution is 0.274. The summed E-state index contributed by atoms with van der Waals surface area (Å²) in [6.07, 6.45) is 2.71. The molecule has 0 saturated heterocycles. The molecule has 0 aliphatic carbocycles. The minimum atomic E-state index is -0.373. The van der Waals surface area contributed by atoms with E-state index >= 15 is 0 Å². The highest BCUT2D eigenvalue weighted by atomic mass is 35.5. The zero-order chi connectivity index (χ0) is 15.3. The van der Waals surface area contributed by atoms with Gasteiger partial charge >= 0.3 is 0 Å². The Bertz CT molecular complexity index is 429. The Morgan fingerprint density at radius 1 is 1.35 bits per heavy atom. The molecule has 0 bridgehead atoms. The molecule has 0 aliphatic heterocycles. The van der Waals surface area contributed by atoms with Gasteiger partial charge in [-0.3, -0.25) is 11.3 Å². The lowest BCUT2D eigenvalue weighted by atomic mass is 9.82. The Labute approximate surface area is 126 Å². The molecule has 0 radical (unpaired) electrons. The molecule has 0 aliphatic rings. The van der Waals surface area contributed by atoms with Crippen molar-refractivity contribution >= 4 is 11.6 Å². The van der Waals surface area contributed by atoms with Crippen LogP contribution in [0.25, 0.3) is 0 Å². The van der Waals surface area contributed by atoms with Crippen molar-refractivity contribution < 1.29 is 4.39 Å². The van der Waals surface area contributed by atoms with E-state index in [9.17, 15) is 4.39 Å². The molecule has 1 aromatic rings. The second kappa shape index (κ2) is 7.39. The molecule has 0 aromatic heterocycles. The van der Waals surface area contributed by atoms with Crippen molar-refractivity contribution in [1.82, 2.24) is 5.43 Å². The molecule has 0 heterocycles. The van der Waals surface area contributed by atoms with E-state index < -0.39 is 0 Å². The van der Waals surface area contributed by atoms with Crippen LogP contribution < -0.4 is 11.3 Å². The number of nitrogens with two attached hydrogens (primary N) is 1. The Morgan fingerprint density at radius 2 is 2.00 bits per heavy atom. The highest BCUT2D eigenvalue weighted by Crippen LogP contribution is 2.28. The molecule has 2 atom stereocenters. The van der Waals surface area contributed by atoms with E-state index in [-0.39, 0.29) is 16.9 Å². The van der Waals surface area contributed by atoms with Gasteiger partial charge in [0.15, 0.2) is 0 Å². The van der Waals surface area contributed by atoms with Crippen LogP contribution in [0.4, 0.5) is 4.39 Å². The maximum atomic E-state index is 13.4. The van der Waals surface area contributed by atoms with Gasteiger partial charge in [-0.25, -0.2) is 4.39 Å². The summed E-state index contributed by atoms with van der Waals surface area (Å²) in [5.74, 6) is 5.81. The summed E-state index contributed by atoms with van der Waals surface area (Å²) in [6, 6.07) is 5.01. The molecule has 1 aromatic carbocycles. The Hall–Kier alpha value is -0.640. The zero-order valence-corrected chi connectivity index (χ0v) is 13.6. The molecule has 114 valence electrons. The predicted molar refractivity (Wildman–Crippen MR) is 84.1 cm³/mol. The first kappa shape index (κ1) is 17.4. The molecule has 1 rings (SSSR count). The van der Waals surface area contributed by atoms with Crippen LogP contribution in [0.3, 0.4) is 0 Å². The number of rotatable bonds is 6. The molecule has 4 heteroatoms. The van der Waals surface area contributed by atoms with Gasteiger partial charge in [-0.1, -0.05) is 51.4 Å². The van der Waals surface area contributed by atoms with Gasteiger partial charge in [0.05, 0.1) is 5.02 Å². The van der Waals surface area contributed by atoms with Crippen molar-refractivity contribution in [2.24, 2.45) is 17.2 Å². The maximum absolute atomic E-state index is 13.4. The lowest BCUT2D eigenvalue weighted by Crippen LogP contribution is -2.38. The first-order valence-corrected chi connectivity index (χ1v) is 7.49. The summed E-state index contributed by atoms with van der Waals surface area (Å²) in [5, 5.41) is 0.205. The van der Waals surface area contributed by atoms with Gasteiger partial charge < -0.3 is 0 Å². The second-order valence-electron chi connectivity index (χ2n) is 6.89. The molecule has 0 saturated carbocycles. The fourth-order valence-electron chi connectivity index (χ4n) is 2.80. The third-order valence-corrected chi connectivity index (χ3v) is 3.80. The monoisotopic (exact) mass is 300 g/mol. The largest absolute Gasteiger partial charge is 0.271 e. The number of benzene rings is 1. The summed E-state index contributed by atoms with van der Waals surface area (Å²) < 4.78 is 13.4. The predicted octanol–water partition coefficient (Wildman–Crippen LogP) is 4.32. The minimum absolute atomic E-state index is 0.103. The van der Waals surface area contributed by atoms with Crippen molar-refractivity contribution in [2.75, 3.05) is 0 Å². The van der Waals surface area contributed by atoms with Crippen LogP contribution in [-0.2, 0) is 6.42 Å². The summed E-state index contributed by atoms with van der Waals surface area (Å²) in [6.45, 7) is 8.93. The molecule has 0 amide bonds. The molecule has 3 N–H and O–H groups in total. The topological polar surface area (TPSA) is 38.0 Å². The number of nitrogens with one attached hydrogen (secondary N) is 1. The maximum Gasteiger partial charge on any atom is 0.142 e. The van der Waals surface area contributed by atoms with E-state index in [2.05, 4.69) is 33.1 Å². The molecular weight excluding hydrogens is 275 g/mol. The normalized spacial score (nSPS) is 15.2. The summed E-state index contributed by atoms with van der Waals surface area (Å²) >= 11 is 5.99. The Morgan fingerprint density at radius 3 is 2.55 bits per heavy atom. The first-order chi connectivity index (χ1) is 9.23. The summed E-state index contributed by atoms with van der Waals surface area (Å²) in [5.41, 5.74) is 3.94. The number of hydrogen-bond acceptors (Lipinski definition) is 2. The average molecular weight is 301 g/mol. The van der Waals surface area contributed by atoms with Crippen LogP contribution in [0.15, 0.2) is 18.2 Å². The van der Waals surface area contributed by atoms with E-state index in [0.29, 0.717) is 17.8 Å². The Kier molecular flexibility index (Phi) is 6.44. The standard InChI is InChI=1S/C16H26ClFN2/c1-11(10-16(2,3)4)8-13(20-19)9-12-6-5-7-14(18)15(12)17/h5-7,11,13,20H,8-10,19H2,1-4H3. The second-order valence-corrected chi connectivity index (χ2v) is 7.26. The van der Waals surface area contributed by atoms with Crippen molar-refractivity contribution in [3.8, 4) is 0 Å². The third-order valence-electron chi connectivity index (χ3n) is 3.38. The van der Waals surface area contributed by atoms with Gasteiger partial charge in [-0.15, -0.1) is 0 Å². The average Bonchev–Trinajstić information content (AvgIpc) is 2.31. The van der Waals surface area contributed by atoms with Crippen LogP contribution in [0.2, 0.25) is 5.02 Å². The van der Waals surface area contributed by atoms with Crippen molar-refractivity contribution in [3.63, 3.8) is 0 Å². The number of hydrogen-bond donors (Lipinski definition) is 2. The highest BCUT2D eigenvalue weighted by molar-refractivity contribution is 6.31. The lowest BCUT2D eigenvalue weighted by Gasteiger charge is -2.26. The van der Waals surface area contributed by atoms with Gasteiger partial charge in [0.2, 0.25) is 0 Å². The number of hydrazine groups is 1. The van der Waals surface area contributed by atoms with E-state index in [1.807, 2.05) is 6.07 Å². The van der Waals surface area contributed by atoms with Gasteiger partial charge in [-0.05, 0) is 42.2 Å². The molecule has 0 fully saturated rings. The minimum Gasteiger partial charge on any atom is -0.271 e. The molecular formula is C16H26ClFN2. The van der Waals surface area contributed by atoms with E-state index in [4.69, 9.17) is 17.4 Å². The van der Waals surface area contributed by atoms with Gasteiger partial charge in [0.1, 0.15) is 5.82 Å². The first-order valence-electron chi connectivity index (χ1n) is 7.12. The highest BCUT2D eigenvalue weighted by Gasteiger charge is 2.20. The quantitative estimate of drug-likeness (QED) is 0.606. The summed E-state index contributed by atoms with van der Waals surface area (Å²) in [7, 11) is 0. The summed E-state index contributed by atoms with van der Waals surface area (Å²) in [4.78, 5) is 0. The zero-order valence-electron chi connectivity index (χ0n) is 12.8. The van der Waals surface area contributed by atoms with Crippen LogP contribution in [0.5, 0.6) is 0 Å². The van der Waals surface area contributed by atoms with Crippen LogP contribution in [0, 0.1) is 17.2 Å². The molecule has 2 unspecified atom stereocenters. The molecule has 2 nitrogen and oxygen atoms in total. The molecule has 20 heavy (non-hydrogen) atoms. The SMILES string of the molecule is CC(CC(Cc1cccc(F)c1Cl)NN)CC(C)(C)C. The Balaban J connectivity index is 2.65. The fraction of sp³-hybridized carbons (Fsp3) is 0.625. The van der Waals surface area contributed by atoms with E-state index in [0.717, 1.165) is 18.4 Å². The van der Waals surface area contributed by atoms with Crippen LogP contribution in [-0.4, -0.2) is 6.04 Å². The van der Waals surface area contributed by atoms with Crippen LogP contribution >= 0.6 is 11.6 Å². The third kappa shape index (κ3) is 5.78. The molecule has 0 spiro atoms. The van der Waals surface area contributed by atoms with Gasteiger partial charge in [-0.2, -0.15) is 0 Å². The van der Waals surface area contributed by atoms with Gasteiger partial charge in [0.25, 0.3) is 0 Å². The van der Waals surface area contributed by atoms with E-state index in [1.165, 1.54) is 6.07 Å². The smallest absolute Gasteiger partial charge is 0.142 e. The van der Waals surface area contributed by atoms with Crippen molar-refractivity contribution in [1.29, 1.82) is 0 Å². The van der Waals surface area contributed by atoms with Crippen molar-refractivity contribution in [3.05, 3.63) is 34.6 Å². The fourth-order valence-corrected chi connectivity index (χ4v) is 3.00. The van der Waals surface area contributed by atoms with E-state index in [1.54, 1.807) is 6.07 Å².